The van der Waals surface area contributed by atoms with E-state index in [1.807, 2.05) is 13.0 Å². The van der Waals surface area contributed by atoms with Crippen LogP contribution in [0.1, 0.15) is 57.5 Å². The number of ketones is 1. The zero-order chi connectivity index (χ0) is 31.6. The minimum atomic E-state index is -0.471. The standard InChI is InChI=1S/C36H40O8/c1-4-20-40-21-6-7-22-41-32-17-13-30(14-18-32)36(39)44-34-19-10-28(25-27(34)3)26-33(37)29-11-15-31(16-12-29)42-23-8-9-24-43-35(38)5-2/h4-5,10-19,25H,1-2,6-9,20-24,26H2,3H3. The number of carbonyl (C=O) groups is 3. The maximum Gasteiger partial charge on any atom is 0.343 e. The van der Waals surface area contributed by atoms with E-state index in [2.05, 4.69) is 13.2 Å². The van der Waals surface area contributed by atoms with Gasteiger partial charge in [0, 0.05) is 24.7 Å². The fourth-order valence-electron chi connectivity index (χ4n) is 4.10. The lowest BCUT2D eigenvalue weighted by Gasteiger charge is -2.11. The van der Waals surface area contributed by atoms with Gasteiger partial charge in [-0.15, -0.1) is 6.58 Å². The highest BCUT2D eigenvalue weighted by Gasteiger charge is 2.13. The summed E-state index contributed by atoms with van der Waals surface area (Å²) in [5, 5.41) is 0. The van der Waals surface area contributed by atoms with Gasteiger partial charge in [0.1, 0.15) is 17.2 Å². The van der Waals surface area contributed by atoms with Crippen molar-refractivity contribution in [2.45, 2.75) is 39.0 Å². The molecule has 0 aliphatic heterocycles. The molecule has 0 fully saturated rings. The molecule has 0 bridgehead atoms. The molecule has 0 atom stereocenters. The molecule has 0 saturated carbocycles. The summed E-state index contributed by atoms with van der Waals surface area (Å²) in [4.78, 5) is 36.6. The first kappa shape index (κ1) is 33.8. The highest BCUT2D eigenvalue weighted by molar-refractivity contribution is 5.97. The number of carbonyl (C=O) groups excluding carboxylic acids is 3. The van der Waals surface area contributed by atoms with Crippen molar-refractivity contribution in [3.63, 3.8) is 0 Å². The largest absolute Gasteiger partial charge is 0.494 e. The number of ether oxygens (including phenoxy) is 5. The highest BCUT2D eigenvalue weighted by atomic mass is 16.5. The van der Waals surface area contributed by atoms with Gasteiger partial charge in [-0.1, -0.05) is 24.8 Å². The van der Waals surface area contributed by atoms with E-state index in [-0.39, 0.29) is 12.2 Å². The Balaban J connectivity index is 1.42. The van der Waals surface area contributed by atoms with Gasteiger partial charge < -0.3 is 23.7 Å². The summed E-state index contributed by atoms with van der Waals surface area (Å²) in [6, 6.07) is 19.2. The summed E-state index contributed by atoms with van der Waals surface area (Å²) in [5.74, 6) is 0.842. The van der Waals surface area contributed by atoms with Crippen LogP contribution >= 0.6 is 0 Å². The molecule has 3 aromatic rings. The Bertz CT molecular complexity index is 1380. The van der Waals surface area contributed by atoms with Crippen LogP contribution in [0.5, 0.6) is 17.2 Å². The number of rotatable bonds is 20. The average molecular weight is 601 g/mol. The lowest BCUT2D eigenvalue weighted by Crippen LogP contribution is -2.10. The summed E-state index contributed by atoms with van der Waals surface area (Å²) in [6.45, 7) is 11.4. The predicted molar refractivity (Wildman–Crippen MR) is 169 cm³/mol. The molecular formula is C36H40O8. The van der Waals surface area contributed by atoms with Gasteiger partial charge in [0.25, 0.3) is 0 Å². The Labute approximate surface area is 259 Å². The first-order chi connectivity index (χ1) is 21.4. The van der Waals surface area contributed by atoms with E-state index in [1.165, 1.54) is 0 Å². The van der Waals surface area contributed by atoms with Crippen molar-refractivity contribution in [2.75, 3.05) is 33.0 Å². The van der Waals surface area contributed by atoms with Crippen LogP contribution in [-0.4, -0.2) is 50.8 Å². The third-order valence-corrected chi connectivity index (χ3v) is 6.48. The molecule has 0 aromatic heterocycles. The van der Waals surface area contributed by atoms with Crippen LogP contribution in [0, 0.1) is 6.92 Å². The fourth-order valence-corrected chi connectivity index (χ4v) is 4.10. The van der Waals surface area contributed by atoms with Gasteiger partial charge >= 0.3 is 11.9 Å². The minimum absolute atomic E-state index is 0.0342. The third-order valence-electron chi connectivity index (χ3n) is 6.48. The number of benzene rings is 3. The summed E-state index contributed by atoms with van der Waals surface area (Å²) >= 11 is 0. The minimum Gasteiger partial charge on any atom is -0.494 e. The van der Waals surface area contributed by atoms with Crippen LogP contribution in [0.2, 0.25) is 0 Å². The molecule has 3 aromatic carbocycles. The van der Waals surface area contributed by atoms with Gasteiger partial charge in [-0.25, -0.2) is 9.59 Å². The predicted octanol–water partition coefficient (Wildman–Crippen LogP) is 6.89. The van der Waals surface area contributed by atoms with E-state index in [9.17, 15) is 14.4 Å². The number of hydrogen-bond donors (Lipinski definition) is 0. The Morgan fingerprint density at radius 3 is 1.91 bits per heavy atom. The van der Waals surface area contributed by atoms with Crippen molar-refractivity contribution < 1.29 is 38.1 Å². The van der Waals surface area contributed by atoms with Crippen molar-refractivity contribution >= 4 is 17.7 Å². The Morgan fingerprint density at radius 2 is 1.32 bits per heavy atom. The molecule has 0 spiro atoms. The van der Waals surface area contributed by atoms with Crippen molar-refractivity contribution in [3.05, 3.63) is 114 Å². The molecule has 0 heterocycles. The number of hydrogen-bond acceptors (Lipinski definition) is 8. The topological polar surface area (TPSA) is 97.4 Å². The monoisotopic (exact) mass is 600 g/mol. The molecule has 8 heteroatoms. The van der Waals surface area contributed by atoms with Gasteiger partial charge in [-0.05, 0) is 98.3 Å². The van der Waals surface area contributed by atoms with E-state index in [4.69, 9.17) is 23.7 Å². The zero-order valence-electron chi connectivity index (χ0n) is 25.3. The van der Waals surface area contributed by atoms with E-state index in [1.54, 1.807) is 66.7 Å². The Hall–Kier alpha value is -4.69. The van der Waals surface area contributed by atoms with Crippen molar-refractivity contribution in [3.8, 4) is 17.2 Å². The fraction of sp³-hybridized carbons (Fsp3) is 0.306. The van der Waals surface area contributed by atoms with Gasteiger partial charge in [-0.2, -0.15) is 0 Å². The lowest BCUT2D eigenvalue weighted by atomic mass is 10.0. The summed E-state index contributed by atoms with van der Waals surface area (Å²) in [6.07, 6.45) is 6.25. The quantitative estimate of drug-likeness (QED) is 0.0345. The van der Waals surface area contributed by atoms with Crippen LogP contribution in [0.3, 0.4) is 0 Å². The molecule has 0 aliphatic rings. The molecule has 44 heavy (non-hydrogen) atoms. The van der Waals surface area contributed by atoms with Gasteiger partial charge in [0.15, 0.2) is 5.78 Å². The number of Topliss-reactive ketones (excluding diaryl/α,β-unsaturated/α-hetero) is 1. The highest BCUT2D eigenvalue weighted by Crippen LogP contribution is 2.23. The molecule has 0 amide bonds. The summed E-state index contributed by atoms with van der Waals surface area (Å²) in [5.41, 5.74) is 2.56. The number of unbranched alkanes of at least 4 members (excludes halogenated alkanes) is 2. The van der Waals surface area contributed by atoms with Crippen LogP contribution < -0.4 is 14.2 Å². The molecule has 0 saturated heterocycles. The first-order valence-corrected chi connectivity index (χ1v) is 14.7. The van der Waals surface area contributed by atoms with Gasteiger partial charge in [0.2, 0.25) is 0 Å². The number of esters is 2. The zero-order valence-corrected chi connectivity index (χ0v) is 25.3. The summed E-state index contributed by atoms with van der Waals surface area (Å²) in [7, 11) is 0. The maximum absolute atomic E-state index is 12.9. The molecule has 0 N–H and O–H groups in total. The van der Waals surface area contributed by atoms with Crippen LogP contribution in [-0.2, 0) is 20.7 Å². The van der Waals surface area contributed by atoms with Crippen LogP contribution in [0.4, 0.5) is 0 Å². The Kier molecular flexibility index (Phi) is 14.4. The second-order valence-corrected chi connectivity index (χ2v) is 9.98. The normalized spacial score (nSPS) is 10.5. The maximum atomic E-state index is 12.9. The lowest BCUT2D eigenvalue weighted by molar-refractivity contribution is -0.137. The van der Waals surface area contributed by atoms with Gasteiger partial charge in [-0.3, -0.25) is 4.79 Å². The van der Waals surface area contributed by atoms with Crippen molar-refractivity contribution in [2.24, 2.45) is 0 Å². The molecule has 232 valence electrons. The van der Waals surface area contributed by atoms with Crippen molar-refractivity contribution in [1.29, 1.82) is 0 Å². The Morgan fingerprint density at radius 1 is 0.727 bits per heavy atom. The van der Waals surface area contributed by atoms with Crippen LogP contribution in [0.25, 0.3) is 0 Å². The second kappa shape index (κ2) is 18.8. The number of aryl methyl sites for hydroxylation is 1. The van der Waals surface area contributed by atoms with Gasteiger partial charge in [0.05, 0.1) is 32.0 Å². The molecule has 0 aliphatic carbocycles. The van der Waals surface area contributed by atoms with Crippen LogP contribution in [0.15, 0.2) is 92.0 Å². The first-order valence-electron chi connectivity index (χ1n) is 14.7. The SMILES string of the molecule is C=CCOCCCCOc1ccc(C(=O)Oc2ccc(CC(=O)c3ccc(OCCCCOC(=O)C=C)cc3)cc2C)cc1. The van der Waals surface area contributed by atoms with E-state index in [0.29, 0.717) is 67.8 Å². The molecule has 0 radical (unpaired) electrons. The third kappa shape index (κ3) is 11.9. The molecule has 8 nitrogen and oxygen atoms in total. The van der Waals surface area contributed by atoms with E-state index >= 15 is 0 Å². The average Bonchev–Trinajstić information content (AvgIpc) is 3.04. The van der Waals surface area contributed by atoms with Crippen molar-refractivity contribution in [1.82, 2.24) is 0 Å². The van der Waals surface area contributed by atoms with E-state index < -0.39 is 11.9 Å². The molecule has 3 rings (SSSR count). The molecule has 0 unspecified atom stereocenters. The smallest absolute Gasteiger partial charge is 0.343 e. The van der Waals surface area contributed by atoms with E-state index in [0.717, 1.165) is 36.5 Å². The second-order valence-electron chi connectivity index (χ2n) is 9.98. The summed E-state index contributed by atoms with van der Waals surface area (Å²) < 4.78 is 27.3. The molecular weight excluding hydrogens is 560 g/mol.